The van der Waals surface area contributed by atoms with Crippen molar-refractivity contribution >= 4 is 27.8 Å². The maximum atomic E-state index is 12.2. The molecule has 5 heteroatoms. The molecule has 0 radical (unpaired) electrons. The topological polar surface area (TPSA) is 57.6 Å². The third-order valence-corrected chi connectivity index (χ3v) is 3.48. The smallest absolute Gasteiger partial charge is 0.335 e. The zero-order valence-corrected chi connectivity index (χ0v) is 12.9. The summed E-state index contributed by atoms with van der Waals surface area (Å²) in [4.78, 5) is 24.8. The second kappa shape index (κ2) is 6.70. The second-order valence-electron chi connectivity index (χ2n) is 4.73. The maximum absolute atomic E-state index is 12.2. The Morgan fingerprint density at radius 1 is 1.32 bits per heavy atom. The van der Waals surface area contributed by atoms with E-state index >= 15 is 0 Å². The Hall–Kier alpha value is -1.36. The Labute approximate surface area is 121 Å². The number of aromatic carboxylic acids is 1. The van der Waals surface area contributed by atoms with Crippen LogP contribution in [0.1, 0.15) is 41.0 Å². The number of hydrogen-bond acceptors (Lipinski definition) is 2. The van der Waals surface area contributed by atoms with Gasteiger partial charge in [-0.15, -0.1) is 0 Å². The van der Waals surface area contributed by atoms with Crippen LogP contribution >= 0.6 is 15.9 Å². The first-order valence-electron chi connectivity index (χ1n) is 6.14. The molecule has 0 heterocycles. The molecule has 0 aliphatic heterocycles. The van der Waals surface area contributed by atoms with E-state index in [4.69, 9.17) is 5.11 Å². The summed E-state index contributed by atoms with van der Waals surface area (Å²) in [6, 6.07) is 4.53. The van der Waals surface area contributed by atoms with Gasteiger partial charge in [0, 0.05) is 23.6 Å². The molecule has 1 rings (SSSR count). The van der Waals surface area contributed by atoms with E-state index in [9.17, 15) is 9.59 Å². The second-order valence-corrected chi connectivity index (χ2v) is 5.65. The average molecular weight is 328 g/mol. The third kappa shape index (κ3) is 4.35. The Morgan fingerprint density at radius 3 is 2.42 bits per heavy atom. The minimum atomic E-state index is -1.04. The number of amides is 1. The number of carbonyl (C=O) groups is 2. The van der Waals surface area contributed by atoms with Crippen molar-refractivity contribution in [2.24, 2.45) is 5.92 Å². The molecule has 1 aromatic carbocycles. The first-order valence-corrected chi connectivity index (χ1v) is 6.93. The van der Waals surface area contributed by atoms with E-state index in [0.29, 0.717) is 22.5 Å². The normalized spacial score (nSPS) is 12.0. The fourth-order valence-corrected chi connectivity index (χ4v) is 2.23. The number of carboxylic acids is 1. The molecule has 0 aromatic heterocycles. The number of rotatable bonds is 5. The van der Waals surface area contributed by atoms with Gasteiger partial charge in [-0.05, 0) is 24.1 Å². The van der Waals surface area contributed by atoms with Crippen molar-refractivity contribution in [3.05, 3.63) is 33.8 Å². The number of nitrogens with zero attached hydrogens (tertiary/aromatic N) is 1. The first kappa shape index (κ1) is 15.7. The fraction of sp³-hybridized carbons (Fsp3) is 0.429. The summed E-state index contributed by atoms with van der Waals surface area (Å²) in [7, 11) is 1.73. The zero-order valence-electron chi connectivity index (χ0n) is 11.3. The number of carboxylic acid groups (broad SMARTS) is 1. The van der Waals surface area contributed by atoms with E-state index in [2.05, 4.69) is 29.8 Å². The van der Waals surface area contributed by atoms with Crippen molar-refractivity contribution in [2.45, 2.75) is 20.3 Å². The summed E-state index contributed by atoms with van der Waals surface area (Å²) in [6.07, 6.45) is 0.997. The van der Waals surface area contributed by atoms with Gasteiger partial charge in [0.2, 0.25) is 0 Å². The molecule has 1 amide bonds. The van der Waals surface area contributed by atoms with Crippen LogP contribution in [0.3, 0.4) is 0 Å². The van der Waals surface area contributed by atoms with Crippen molar-refractivity contribution in [1.29, 1.82) is 0 Å². The lowest BCUT2D eigenvalue weighted by Crippen LogP contribution is -2.31. The zero-order chi connectivity index (χ0) is 14.6. The van der Waals surface area contributed by atoms with Crippen LogP contribution in [0.4, 0.5) is 0 Å². The predicted molar refractivity (Wildman–Crippen MR) is 77.5 cm³/mol. The lowest BCUT2D eigenvalue weighted by Gasteiger charge is -2.21. The van der Waals surface area contributed by atoms with Gasteiger partial charge in [-0.25, -0.2) is 4.79 Å². The van der Waals surface area contributed by atoms with Gasteiger partial charge in [0.25, 0.3) is 5.91 Å². The van der Waals surface area contributed by atoms with E-state index in [1.54, 1.807) is 18.0 Å². The highest BCUT2D eigenvalue weighted by Crippen LogP contribution is 2.18. The third-order valence-electron chi connectivity index (χ3n) is 3.02. The molecule has 1 unspecified atom stereocenters. The number of carbonyl (C=O) groups excluding carboxylic acids is 1. The molecule has 0 aliphatic rings. The molecule has 19 heavy (non-hydrogen) atoms. The van der Waals surface area contributed by atoms with Crippen LogP contribution in [0.2, 0.25) is 0 Å². The molecule has 1 aromatic rings. The van der Waals surface area contributed by atoms with Crippen LogP contribution in [0.15, 0.2) is 22.7 Å². The number of hydrogen-bond donors (Lipinski definition) is 1. The minimum absolute atomic E-state index is 0.106. The van der Waals surface area contributed by atoms with Crippen LogP contribution in [-0.2, 0) is 0 Å². The minimum Gasteiger partial charge on any atom is -0.478 e. The van der Waals surface area contributed by atoms with Crippen molar-refractivity contribution < 1.29 is 14.7 Å². The highest BCUT2D eigenvalue weighted by Gasteiger charge is 2.16. The summed E-state index contributed by atoms with van der Waals surface area (Å²) in [6.45, 7) is 4.81. The van der Waals surface area contributed by atoms with Gasteiger partial charge in [0.15, 0.2) is 0 Å². The number of benzene rings is 1. The van der Waals surface area contributed by atoms with Crippen molar-refractivity contribution in [2.75, 3.05) is 13.6 Å². The molecule has 0 aliphatic carbocycles. The first-order chi connectivity index (χ1) is 8.85. The highest BCUT2D eigenvalue weighted by molar-refractivity contribution is 9.10. The quantitative estimate of drug-likeness (QED) is 0.902. The van der Waals surface area contributed by atoms with E-state index in [0.717, 1.165) is 6.42 Å². The summed E-state index contributed by atoms with van der Waals surface area (Å²) in [5, 5.41) is 8.99. The Bertz CT molecular complexity index is 488. The molecule has 0 saturated heterocycles. The summed E-state index contributed by atoms with van der Waals surface area (Å²) < 4.78 is 0.590. The van der Waals surface area contributed by atoms with E-state index < -0.39 is 5.97 Å². The SMILES string of the molecule is CCC(C)CN(C)C(=O)c1cc(Br)cc(C(=O)O)c1. The molecule has 4 nitrogen and oxygen atoms in total. The standard InChI is InChI=1S/C14H18BrNO3/c1-4-9(2)8-16(3)13(17)10-5-11(14(18)19)7-12(15)6-10/h5-7,9H,4,8H2,1-3H3,(H,18,19). The molecule has 1 atom stereocenters. The van der Waals surface area contributed by atoms with E-state index in [-0.39, 0.29) is 11.5 Å². The van der Waals surface area contributed by atoms with Gasteiger partial charge in [-0.3, -0.25) is 4.79 Å². The summed E-state index contributed by atoms with van der Waals surface area (Å²) in [5.41, 5.74) is 0.493. The molecular weight excluding hydrogens is 310 g/mol. The van der Waals surface area contributed by atoms with Gasteiger partial charge in [0.1, 0.15) is 0 Å². The van der Waals surface area contributed by atoms with Crippen molar-refractivity contribution in [1.82, 2.24) is 4.90 Å². The summed E-state index contributed by atoms with van der Waals surface area (Å²) >= 11 is 3.23. The van der Waals surface area contributed by atoms with E-state index in [1.807, 2.05) is 0 Å². The van der Waals surface area contributed by atoms with Crippen LogP contribution in [0.5, 0.6) is 0 Å². The molecule has 0 spiro atoms. The van der Waals surface area contributed by atoms with Gasteiger partial charge >= 0.3 is 5.97 Å². The Kier molecular flexibility index (Phi) is 5.54. The van der Waals surface area contributed by atoms with Gasteiger partial charge in [-0.1, -0.05) is 36.2 Å². The molecular formula is C14H18BrNO3. The van der Waals surface area contributed by atoms with Crippen molar-refractivity contribution in [3.8, 4) is 0 Å². The monoisotopic (exact) mass is 327 g/mol. The molecule has 1 N–H and O–H groups in total. The molecule has 104 valence electrons. The lowest BCUT2D eigenvalue weighted by atomic mass is 10.1. The molecule has 0 fully saturated rings. The van der Waals surface area contributed by atoms with Crippen LogP contribution in [-0.4, -0.2) is 35.5 Å². The lowest BCUT2D eigenvalue weighted by molar-refractivity contribution is 0.0697. The van der Waals surface area contributed by atoms with Crippen molar-refractivity contribution in [3.63, 3.8) is 0 Å². The Balaban J connectivity index is 2.96. The Morgan fingerprint density at radius 2 is 1.89 bits per heavy atom. The predicted octanol–water partition coefficient (Wildman–Crippen LogP) is 3.27. The van der Waals surface area contributed by atoms with Crippen LogP contribution in [0, 0.1) is 5.92 Å². The average Bonchev–Trinajstić information content (AvgIpc) is 2.36. The van der Waals surface area contributed by atoms with Crippen LogP contribution < -0.4 is 0 Å². The molecule has 0 bridgehead atoms. The highest BCUT2D eigenvalue weighted by atomic mass is 79.9. The largest absolute Gasteiger partial charge is 0.478 e. The van der Waals surface area contributed by atoms with Crippen LogP contribution in [0.25, 0.3) is 0 Å². The summed E-state index contributed by atoms with van der Waals surface area (Å²) in [5.74, 6) is -0.788. The number of halogens is 1. The fourth-order valence-electron chi connectivity index (χ4n) is 1.74. The maximum Gasteiger partial charge on any atom is 0.335 e. The van der Waals surface area contributed by atoms with Gasteiger partial charge in [-0.2, -0.15) is 0 Å². The van der Waals surface area contributed by atoms with Gasteiger partial charge in [0.05, 0.1) is 5.56 Å². The van der Waals surface area contributed by atoms with Gasteiger partial charge < -0.3 is 10.0 Å². The van der Waals surface area contributed by atoms with E-state index in [1.165, 1.54) is 12.1 Å². The molecule has 0 saturated carbocycles.